The van der Waals surface area contributed by atoms with Gasteiger partial charge >= 0.3 is 0 Å². The molecule has 0 spiro atoms. The number of fused-ring (bicyclic) bond motifs is 5. The molecule has 7 unspecified atom stereocenters. The Morgan fingerprint density at radius 2 is 2.00 bits per heavy atom. The zero-order valence-corrected chi connectivity index (χ0v) is 15.4. The maximum absolute atomic E-state index is 12.3. The standard InChI is InChI=1S/C21H28O5/c1-20-6-5-12(23)7-11(20)3-4-13-14-8-15(24)19(17(26)10-22)21(14,2)9-16(25)18(13)20/h5-7,13-16,18-19,22,24-25H,3-4,8-10H2,1-2H3/t13?,14?,15-,16?,18?,19?,20?,21?/m1/s1. The number of rotatable bonds is 2. The largest absolute Gasteiger partial charge is 0.393 e. The second-order valence-electron chi connectivity index (χ2n) is 9.21. The Morgan fingerprint density at radius 3 is 2.69 bits per heavy atom. The molecule has 0 radical (unpaired) electrons. The van der Waals surface area contributed by atoms with Crippen LogP contribution in [-0.4, -0.2) is 45.7 Å². The van der Waals surface area contributed by atoms with Crippen LogP contribution < -0.4 is 0 Å². The highest BCUT2D eigenvalue weighted by Crippen LogP contribution is 2.66. The van der Waals surface area contributed by atoms with E-state index in [-0.39, 0.29) is 34.7 Å². The fourth-order valence-electron chi connectivity index (χ4n) is 7.02. The number of carbonyl (C=O) groups excluding carboxylic acids is 2. The van der Waals surface area contributed by atoms with E-state index in [0.717, 1.165) is 18.4 Å². The summed E-state index contributed by atoms with van der Waals surface area (Å²) in [5.41, 5.74) is 0.253. The van der Waals surface area contributed by atoms with Crippen molar-refractivity contribution in [3.8, 4) is 0 Å². The highest BCUT2D eigenvalue weighted by molar-refractivity contribution is 6.01. The lowest BCUT2D eigenvalue weighted by Crippen LogP contribution is -2.56. The van der Waals surface area contributed by atoms with Crippen molar-refractivity contribution in [2.75, 3.05) is 6.61 Å². The average molecular weight is 360 g/mol. The summed E-state index contributed by atoms with van der Waals surface area (Å²) in [5, 5.41) is 31.1. The van der Waals surface area contributed by atoms with Crippen LogP contribution in [0.2, 0.25) is 0 Å². The van der Waals surface area contributed by atoms with Crippen molar-refractivity contribution in [2.45, 2.75) is 51.7 Å². The van der Waals surface area contributed by atoms with Crippen molar-refractivity contribution in [1.82, 2.24) is 0 Å². The van der Waals surface area contributed by atoms with Crippen molar-refractivity contribution >= 4 is 11.6 Å². The summed E-state index contributed by atoms with van der Waals surface area (Å²) in [6.45, 7) is 3.54. The molecule has 0 aromatic rings. The lowest BCUT2D eigenvalue weighted by molar-refractivity contribution is -0.144. The van der Waals surface area contributed by atoms with Crippen molar-refractivity contribution in [1.29, 1.82) is 0 Å². The lowest BCUT2D eigenvalue weighted by Gasteiger charge is -2.58. The summed E-state index contributed by atoms with van der Waals surface area (Å²) in [6, 6.07) is 0. The normalized spacial score (nSPS) is 49.9. The number of hydrogen-bond acceptors (Lipinski definition) is 5. The van der Waals surface area contributed by atoms with Gasteiger partial charge in [0.25, 0.3) is 0 Å². The molecule has 26 heavy (non-hydrogen) atoms. The number of aliphatic hydroxyl groups excluding tert-OH is 3. The Kier molecular flexibility index (Phi) is 4.07. The van der Waals surface area contributed by atoms with Gasteiger partial charge in [-0.15, -0.1) is 0 Å². The average Bonchev–Trinajstić information content (AvgIpc) is 2.84. The number of allylic oxidation sites excluding steroid dienone is 4. The highest BCUT2D eigenvalue weighted by Gasteiger charge is 2.64. The molecule has 142 valence electrons. The van der Waals surface area contributed by atoms with E-state index in [1.54, 1.807) is 12.2 Å². The third-order valence-corrected chi connectivity index (χ3v) is 8.02. The number of hydrogen-bond donors (Lipinski definition) is 3. The monoisotopic (exact) mass is 360 g/mol. The van der Waals surface area contributed by atoms with E-state index in [1.807, 2.05) is 13.0 Å². The van der Waals surface area contributed by atoms with Crippen LogP contribution in [0.3, 0.4) is 0 Å². The highest BCUT2D eigenvalue weighted by atomic mass is 16.3. The van der Waals surface area contributed by atoms with Crippen LogP contribution in [0.1, 0.15) is 39.5 Å². The molecule has 3 saturated carbocycles. The van der Waals surface area contributed by atoms with Crippen molar-refractivity contribution in [2.24, 2.45) is 34.5 Å². The third kappa shape index (κ3) is 2.26. The minimum absolute atomic E-state index is 0.0101. The summed E-state index contributed by atoms with van der Waals surface area (Å²) in [6.07, 6.45) is 6.56. The van der Waals surface area contributed by atoms with Crippen LogP contribution in [0.4, 0.5) is 0 Å². The topological polar surface area (TPSA) is 94.8 Å². The molecular formula is C21H28O5. The van der Waals surface area contributed by atoms with Gasteiger partial charge in [-0.25, -0.2) is 0 Å². The fraction of sp³-hybridized carbons (Fsp3) is 0.714. The Balaban J connectivity index is 1.74. The van der Waals surface area contributed by atoms with E-state index in [0.29, 0.717) is 12.8 Å². The molecule has 0 aliphatic heterocycles. The van der Waals surface area contributed by atoms with Gasteiger partial charge in [0.15, 0.2) is 11.6 Å². The molecule has 0 amide bonds. The lowest BCUT2D eigenvalue weighted by atomic mass is 9.46. The SMILES string of the molecule is CC12C=CC(=O)C=C1CCC1C2C(O)CC2(C)C1C[C@@H](O)C2C(=O)CO. The summed E-state index contributed by atoms with van der Waals surface area (Å²) in [4.78, 5) is 24.1. The van der Waals surface area contributed by atoms with E-state index >= 15 is 0 Å². The van der Waals surface area contributed by atoms with E-state index < -0.39 is 30.1 Å². The summed E-state index contributed by atoms with van der Waals surface area (Å²) in [5.74, 6) is -0.609. The molecule has 0 bridgehead atoms. The van der Waals surface area contributed by atoms with Gasteiger partial charge in [-0.3, -0.25) is 9.59 Å². The van der Waals surface area contributed by atoms with Crippen LogP contribution in [0.5, 0.6) is 0 Å². The molecule has 0 saturated heterocycles. The molecule has 0 aromatic carbocycles. The fourth-order valence-corrected chi connectivity index (χ4v) is 7.02. The maximum atomic E-state index is 12.3. The molecule has 4 aliphatic rings. The van der Waals surface area contributed by atoms with Crippen LogP contribution in [0, 0.1) is 34.5 Å². The Morgan fingerprint density at radius 1 is 1.27 bits per heavy atom. The Bertz CT molecular complexity index is 709. The molecule has 3 fully saturated rings. The van der Waals surface area contributed by atoms with Gasteiger partial charge < -0.3 is 15.3 Å². The van der Waals surface area contributed by atoms with Crippen molar-refractivity contribution in [3.05, 3.63) is 23.8 Å². The Hall–Kier alpha value is -1.30. The minimum Gasteiger partial charge on any atom is -0.393 e. The van der Waals surface area contributed by atoms with E-state index in [2.05, 4.69) is 6.92 Å². The third-order valence-electron chi connectivity index (χ3n) is 8.02. The molecule has 4 rings (SSSR count). The summed E-state index contributed by atoms with van der Waals surface area (Å²) >= 11 is 0. The second-order valence-corrected chi connectivity index (χ2v) is 9.21. The Labute approximate surface area is 153 Å². The molecule has 0 aromatic heterocycles. The van der Waals surface area contributed by atoms with Crippen LogP contribution >= 0.6 is 0 Å². The van der Waals surface area contributed by atoms with Gasteiger partial charge in [-0.2, -0.15) is 0 Å². The molecule has 8 atom stereocenters. The molecule has 5 heteroatoms. The molecule has 3 N–H and O–H groups in total. The maximum Gasteiger partial charge on any atom is 0.178 e. The summed E-state index contributed by atoms with van der Waals surface area (Å²) in [7, 11) is 0. The van der Waals surface area contributed by atoms with Crippen molar-refractivity contribution < 1.29 is 24.9 Å². The number of Topliss-reactive ketones (excluding diaryl/α,β-unsaturated/α-hetero) is 1. The van der Waals surface area contributed by atoms with Gasteiger partial charge in [0.05, 0.1) is 18.1 Å². The molecule has 4 aliphatic carbocycles. The van der Waals surface area contributed by atoms with E-state index in [1.165, 1.54) is 0 Å². The molecule has 0 heterocycles. The first-order valence-corrected chi connectivity index (χ1v) is 9.66. The second kappa shape index (κ2) is 5.85. The van der Waals surface area contributed by atoms with Crippen LogP contribution in [0.25, 0.3) is 0 Å². The minimum atomic E-state index is -0.760. The van der Waals surface area contributed by atoms with E-state index in [4.69, 9.17) is 0 Å². The molecular weight excluding hydrogens is 332 g/mol. The first kappa shape index (κ1) is 18.1. The predicted molar refractivity (Wildman–Crippen MR) is 95.0 cm³/mol. The van der Waals surface area contributed by atoms with Gasteiger partial charge in [0.2, 0.25) is 0 Å². The van der Waals surface area contributed by atoms with Gasteiger partial charge in [-0.05, 0) is 55.1 Å². The van der Waals surface area contributed by atoms with Crippen molar-refractivity contribution in [3.63, 3.8) is 0 Å². The van der Waals surface area contributed by atoms with Crippen LogP contribution in [-0.2, 0) is 9.59 Å². The molecule has 5 nitrogen and oxygen atoms in total. The number of ketones is 2. The smallest absolute Gasteiger partial charge is 0.178 e. The van der Waals surface area contributed by atoms with E-state index in [9.17, 15) is 24.9 Å². The first-order valence-electron chi connectivity index (χ1n) is 9.66. The zero-order valence-electron chi connectivity index (χ0n) is 15.4. The summed E-state index contributed by atoms with van der Waals surface area (Å²) < 4.78 is 0. The number of carbonyl (C=O) groups is 2. The predicted octanol–water partition coefficient (Wildman–Crippen LogP) is 1.41. The van der Waals surface area contributed by atoms with Gasteiger partial charge in [0, 0.05) is 11.3 Å². The number of aliphatic hydroxyl groups is 3. The van der Waals surface area contributed by atoms with Gasteiger partial charge in [0.1, 0.15) is 6.61 Å². The van der Waals surface area contributed by atoms with Gasteiger partial charge in [-0.1, -0.05) is 25.5 Å². The van der Waals surface area contributed by atoms with Crippen LogP contribution in [0.15, 0.2) is 23.8 Å². The zero-order chi connectivity index (χ0) is 18.9. The quantitative estimate of drug-likeness (QED) is 0.692. The first-order chi connectivity index (χ1) is 12.2.